The molecule has 3 rings (SSSR count). The zero-order valence-corrected chi connectivity index (χ0v) is 14.1. The molecule has 122 valence electrons. The Hall–Kier alpha value is -2.02. The molecule has 7 heteroatoms. The molecule has 1 saturated heterocycles. The summed E-state index contributed by atoms with van der Waals surface area (Å²) >= 11 is 1.39. The predicted octanol–water partition coefficient (Wildman–Crippen LogP) is 3.23. The molecule has 1 unspecified atom stereocenters. The van der Waals surface area contributed by atoms with Gasteiger partial charge in [-0.3, -0.25) is 0 Å². The quantitative estimate of drug-likeness (QED) is 0.866. The molecule has 0 aliphatic carbocycles. The molecule has 23 heavy (non-hydrogen) atoms. The number of cyclic esters (lactones) is 1. The molecule has 1 atom stereocenters. The molecule has 1 fully saturated rings. The van der Waals surface area contributed by atoms with Crippen LogP contribution in [-0.4, -0.2) is 34.7 Å². The molecule has 2 heterocycles. The van der Waals surface area contributed by atoms with Crippen molar-refractivity contribution in [2.24, 2.45) is 0 Å². The Morgan fingerprint density at radius 2 is 2.00 bits per heavy atom. The predicted molar refractivity (Wildman–Crippen MR) is 87.4 cm³/mol. The average Bonchev–Trinajstić information content (AvgIpc) is 3.13. The SMILES string of the molecule is CC(C)(C)c1ccc(-c2nnc(SCC3CNC(=O)O3)o2)cc1. The van der Waals surface area contributed by atoms with E-state index < -0.39 is 0 Å². The lowest BCUT2D eigenvalue weighted by Crippen LogP contribution is -2.16. The molecular formula is C16H19N3O3S. The Morgan fingerprint density at radius 3 is 2.61 bits per heavy atom. The standard InChI is InChI=1S/C16H19N3O3S/c1-16(2,3)11-6-4-10(5-7-11)13-18-19-15(22-13)23-9-12-8-17-14(20)21-12/h4-7,12H,8-9H2,1-3H3,(H,17,20). The third kappa shape index (κ3) is 3.85. The molecule has 1 amide bonds. The van der Waals surface area contributed by atoms with Gasteiger partial charge in [-0.15, -0.1) is 10.2 Å². The number of amides is 1. The Morgan fingerprint density at radius 1 is 1.26 bits per heavy atom. The van der Waals surface area contributed by atoms with Crippen molar-refractivity contribution in [3.63, 3.8) is 0 Å². The average molecular weight is 333 g/mol. The third-order valence-corrected chi connectivity index (χ3v) is 4.50. The van der Waals surface area contributed by atoms with Crippen LogP contribution in [0.1, 0.15) is 26.3 Å². The van der Waals surface area contributed by atoms with E-state index in [1.165, 1.54) is 17.3 Å². The van der Waals surface area contributed by atoms with Crippen molar-refractivity contribution in [2.45, 2.75) is 37.5 Å². The summed E-state index contributed by atoms with van der Waals surface area (Å²) in [6, 6.07) is 8.14. The van der Waals surface area contributed by atoms with Gasteiger partial charge in [-0.05, 0) is 23.1 Å². The number of benzene rings is 1. The van der Waals surface area contributed by atoms with Gasteiger partial charge in [0, 0.05) is 11.3 Å². The second-order valence-corrected chi connectivity index (χ2v) is 7.39. The van der Waals surface area contributed by atoms with Crippen LogP contribution in [0.3, 0.4) is 0 Å². The van der Waals surface area contributed by atoms with E-state index in [0.717, 1.165) is 5.56 Å². The number of carbonyl (C=O) groups is 1. The smallest absolute Gasteiger partial charge is 0.407 e. The Labute approximate surface area is 139 Å². The topological polar surface area (TPSA) is 77.2 Å². The van der Waals surface area contributed by atoms with Crippen LogP contribution in [0.2, 0.25) is 0 Å². The normalized spacial score (nSPS) is 17.9. The highest BCUT2D eigenvalue weighted by Gasteiger charge is 2.23. The van der Waals surface area contributed by atoms with Gasteiger partial charge < -0.3 is 14.5 Å². The Kier molecular flexibility index (Phi) is 4.30. The molecule has 0 radical (unpaired) electrons. The van der Waals surface area contributed by atoms with Crippen molar-refractivity contribution in [2.75, 3.05) is 12.3 Å². The molecule has 6 nitrogen and oxygen atoms in total. The van der Waals surface area contributed by atoms with Crippen molar-refractivity contribution in [1.29, 1.82) is 0 Å². The van der Waals surface area contributed by atoms with Crippen LogP contribution in [0.5, 0.6) is 0 Å². The van der Waals surface area contributed by atoms with Crippen molar-refractivity contribution >= 4 is 17.9 Å². The highest BCUT2D eigenvalue weighted by molar-refractivity contribution is 7.99. The second kappa shape index (κ2) is 6.23. The number of carbonyl (C=O) groups excluding carboxylic acids is 1. The van der Waals surface area contributed by atoms with Gasteiger partial charge in [0.1, 0.15) is 6.10 Å². The summed E-state index contributed by atoms with van der Waals surface area (Å²) in [7, 11) is 0. The van der Waals surface area contributed by atoms with Gasteiger partial charge in [0.2, 0.25) is 5.89 Å². The van der Waals surface area contributed by atoms with Gasteiger partial charge in [0.05, 0.1) is 6.54 Å². The summed E-state index contributed by atoms with van der Waals surface area (Å²) in [5, 5.41) is 11.2. The first-order chi connectivity index (χ1) is 10.9. The maximum absolute atomic E-state index is 11.0. The minimum Gasteiger partial charge on any atom is -0.443 e. The molecule has 0 bridgehead atoms. The molecule has 1 aliphatic rings. The number of nitrogens with one attached hydrogen (secondary N) is 1. The van der Waals surface area contributed by atoms with Crippen LogP contribution in [-0.2, 0) is 10.2 Å². The fraction of sp³-hybridized carbons (Fsp3) is 0.438. The van der Waals surface area contributed by atoms with Gasteiger partial charge in [0.25, 0.3) is 5.22 Å². The van der Waals surface area contributed by atoms with Crippen LogP contribution >= 0.6 is 11.8 Å². The summed E-state index contributed by atoms with van der Waals surface area (Å²) in [5.74, 6) is 1.08. The largest absolute Gasteiger partial charge is 0.443 e. The van der Waals surface area contributed by atoms with Gasteiger partial charge in [-0.2, -0.15) is 0 Å². The number of nitrogens with zero attached hydrogens (tertiary/aromatic N) is 2. The van der Waals surface area contributed by atoms with Crippen LogP contribution in [0, 0.1) is 0 Å². The minimum absolute atomic E-state index is 0.112. The summed E-state index contributed by atoms with van der Waals surface area (Å²) in [5.41, 5.74) is 2.26. The molecule has 0 spiro atoms. The fourth-order valence-electron chi connectivity index (χ4n) is 2.19. The molecule has 1 aliphatic heterocycles. The number of ether oxygens (including phenoxy) is 1. The molecule has 1 aromatic heterocycles. The van der Waals surface area contributed by atoms with Crippen LogP contribution in [0.15, 0.2) is 33.9 Å². The van der Waals surface area contributed by atoms with E-state index in [9.17, 15) is 4.79 Å². The Balaban J connectivity index is 1.63. The first kappa shape index (κ1) is 15.9. The number of thioether (sulfide) groups is 1. The van der Waals surface area contributed by atoms with E-state index in [-0.39, 0.29) is 17.6 Å². The number of alkyl carbamates (subject to hydrolysis) is 1. The van der Waals surface area contributed by atoms with Crippen molar-refractivity contribution in [3.8, 4) is 11.5 Å². The number of hydrogen-bond donors (Lipinski definition) is 1. The first-order valence-electron chi connectivity index (χ1n) is 7.43. The summed E-state index contributed by atoms with van der Waals surface area (Å²) in [4.78, 5) is 11.0. The van der Waals surface area contributed by atoms with Crippen molar-refractivity contribution in [1.82, 2.24) is 15.5 Å². The van der Waals surface area contributed by atoms with E-state index in [1.54, 1.807) is 0 Å². The second-order valence-electron chi connectivity index (χ2n) is 6.42. The van der Waals surface area contributed by atoms with E-state index in [1.807, 2.05) is 12.1 Å². The molecule has 0 saturated carbocycles. The van der Waals surface area contributed by atoms with Crippen molar-refractivity contribution in [3.05, 3.63) is 29.8 Å². The molecule has 1 N–H and O–H groups in total. The van der Waals surface area contributed by atoms with E-state index in [4.69, 9.17) is 9.15 Å². The van der Waals surface area contributed by atoms with Gasteiger partial charge in [-0.25, -0.2) is 4.79 Å². The maximum atomic E-state index is 11.0. The van der Waals surface area contributed by atoms with Gasteiger partial charge >= 0.3 is 6.09 Å². The van der Waals surface area contributed by atoms with Gasteiger partial charge in [0.15, 0.2) is 0 Å². The van der Waals surface area contributed by atoms with Gasteiger partial charge in [-0.1, -0.05) is 44.7 Å². The first-order valence-corrected chi connectivity index (χ1v) is 8.42. The lowest BCUT2D eigenvalue weighted by atomic mass is 9.87. The number of rotatable bonds is 4. The monoisotopic (exact) mass is 333 g/mol. The zero-order valence-electron chi connectivity index (χ0n) is 13.3. The summed E-state index contributed by atoms with van der Waals surface area (Å²) in [6.45, 7) is 7.04. The molecular weight excluding hydrogens is 314 g/mol. The highest BCUT2D eigenvalue weighted by atomic mass is 32.2. The molecule has 1 aromatic carbocycles. The summed E-state index contributed by atoms with van der Waals surface area (Å²) < 4.78 is 10.7. The lowest BCUT2D eigenvalue weighted by molar-refractivity contribution is 0.150. The maximum Gasteiger partial charge on any atom is 0.407 e. The van der Waals surface area contributed by atoms with E-state index >= 15 is 0 Å². The van der Waals surface area contributed by atoms with Crippen LogP contribution in [0.4, 0.5) is 4.79 Å². The number of hydrogen-bond acceptors (Lipinski definition) is 6. The fourth-order valence-corrected chi connectivity index (χ4v) is 2.94. The molecule has 2 aromatic rings. The number of aromatic nitrogens is 2. The lowest BCUT2D eigenvalue weighted by Gasteiger charge is -2.18. The van der Waals surface area contributed by atoms with E-state index in [0.29, 0.717) is 23.4 Å². The van der Waals surface area contributed by atoms with E-state index in [2.05, 4.69) is 48.4 Å². The van der Waals surface area contributed by atoms with Crippen LogP contribution < -0.4 is 5.32 Å². The Bertz CT molecular complexity index is 691. The highest BCUT2D eigenvalue weighted by Crippen LogP contribution is 2.27. The summed E-state index contributed by atoms with van der Waals surface area (Å²) in [6.07, 6.45) is -0.533. The minimum atomic E-state index is -0.374. The van der Waals surface area contributed by atoms with Crippen LogP contribution in [0.25, 0.3) is 11.5 Å². The zero-order chi connectivity index (χ0) is 16.4. The third-order valence-electron chi connectivity index (χ3n) is 3.54. The van der Waals surface area contributed by atoms with Crippen molar-refractivity contribution < 1.29 is 13.9 Å².